The van der Waals surface area contributed by atoms with Crippen LogP contribution in [-0.4, -0.2) is 39.4 Å². The van der Waals surface area contributed by atoms with E-state index in [4.69, 9.17) is 14.2 Å². The van der Waals surface area contributed by atoms with Crippen molar-refractivity contribution in [2.45, 2.75) is 20.1 Å². The number of fused-ring (bicyclic) bond motifs is 1. The number of hydrogen-bond donors (Lipinski definition) is 2. The van der Waals surface area contributed by atoms with Crippen LogP contribution in [0, 0.1) is 0 Å². The number of aliphatic hydroxyl groups is 1. The van der Waals surface area contributed by atoms with Crippen molar-refractivity contribution in [2.75, 3.05) is 13.4 Å². The molecule has 0 fully saturated rings. The fourth-order valence-electron chi connectivity index (χ4n) is 2.89. The van der Waals surface area contributed by atoms with Crippen LogP contribution in [0.15, 0.2) is 42.5 Å². The number of amides is 1. The average Bonchev–Trinajstić information content (AvgIpc) is 3.39. The highest BCUT2D eigenvalue weighted by atomic mass is 16.7. The third-order valence-corrected chi connectivity index (χ3v) is 4.32. The van der Waals surface area contributed by atoms with E-state index in [0.717, 1.165) is 11.3 Å². The van der Waals surface area contributed by atoms with Gasteiger partial charge < -0.3 is 24.6 Å². The maximum absolute atomic E-state index is 12.6. The highest BCUT2D eigenvalue weighted by Crippen LogP contribution is 2.32. The van der Waals surface area contributed by atoms with E-state index in [9.17, 15) is 9.90 Å². The van der Waals surface area contributed by atoms with Crippen LogP contribution in [0.5, 0.6) is 17.2 Å². The summed E-state index contributed by atoms with van der Waals surface area (Å²) in [4.78, 5) is 13.9. The summed E-state index contributed by atoms with van der Waals surface area (Å²) < 4.78 is 16.0. The van der Waals surface area contributed by atoms with Crippen molar-refractivity contribution in [1.29, 1.82) is 0 Å². The maximum atomic E-state index is 12.6. The molecule has 0 radical (unpaired) electrons. The highest BCUT2D eigenvalue weighted by Gasteiger charge is 2.19. The van der Waals surface area contributed by atoms with Crippen LogP contribution < -0.4 is 19.5 Å². The van der Waals surface area contributed by atoms with Gasteiger partial charge in [0.15, 0.2) is 17.2 Å². The van der Waals surface area contributed by atoms with Crippen molar-refractivity contribution >= 4 is 5.91 Å². The van der Waals surface area contributed by atoms with E-state index in [0.29, 0.717) is 23.8 Å². The number of carbonyl (C=O) groups is 1. The molecule has 2 N–H and O–H groups in total. The van der Waals surface area contributed by atoms with Gasteiger partial charge in [0.2, 0.25) is 6.79 Å². The quantitative estimate of drug-likeness (QED) is 0.627. The monoisotopic (exact) mass is 396 g/mol. The van der Waals surface area contributed by atoms with Gasteiger partial charge in [-0.2, -0.15) is 4.80 Å². The normalized spacial score (nSPS) is 12.1. The number of aromatic nitrogens is 3. The highest BCUT2D eigenvalue weighted by molar-refractivity contribution is 5.93. The summed E-state index contributed by atoms with van der Waals surface area (Å²) in [5.74, 6) is 1.63. The van der Waals surface area contributed by atoms with E-state index in [1.807, 2.05) is 19.1 Å². The van der Waals surface area contributed by atoms with Gasteiger partial charge in [0.05, 0.1) is 18.9 Å². The fourth-order valence-corrected chi connectivity index (χ4v) is 2.89. The zero-order valence-electron chi connectivity index (χ0n) is 15.8. The first-order valence-corrected chi connectivity index (χ1v) is 9.15. The Morgan fingerprint density at radius 1 is 1.17 bits per heavy atom. The van der Waals surface area contributed by atoms with Gasteiger partial charge in [0.25, 0.3) is 5.91 Å². The molecular weight excluding hydrogens is 376 g/mol. The smallest absolute Gasteiger partial charge is 0.274 e. The molecule has 2 heterocycles. The molecule has 0 aliphatic carbocycles. The van der Waals surface area contributed by atoms with Crippen LogP contribution in [0.1, 0.15) is 28.7 Å². The summed E-state index contributed by atoms with van der Waals surface area (Å²) in [7, 11) is 0. The van der Waals surface area contributed by atoms with E-state index < -0.39 is 12.5 Å². The molecule has 29 heavy (non-hydrogen) atoms. The Balaban J connectivity index is 1.48. The minimum Gasteiger partial charge on any atom is -0.494 e. The van der Waals surface area contributed by atoms with Gasteiger partial charge >= 0.3 is 0 Å². The summed E-state index contributed by atoms with van der Waals surface area (Å²) in [6, 6.07) is 12.6. The third-order valence-electron chi connectivity index (χ3n) is 4.32. The lowest BCUT2D eigenvalue weighted by molar-refractivity contribution is 0.0942. The molecule has 150 valence electrons. The summed E-state index contributed by atoms with van der Waals surface area (Å²) in [6.45, 7) is 2.55. The number of rotatable bonds is 7. The molecule has 0 saturated carbocycles. The van der Waals surface area contributed by atoms with Crippen LogP contribution >= 0.6 is 0 Å². The summed E-state index contributed by atoms with van der Waals surface area (Å²) >= 11 is 0. The summed E-state index contributed by atoms with van der Waals surface area (Å²) in [6.07, 6.45) is 0. The lowest BCUT2D eigenvalue weighted by Crippen LogP contribution is -2.24. The van der Waals surface area contributed by atoms with Gasteiger partial charge in [-0.25, -0.2) is 0 Å². The molecule has 0 unspecified atom stereocenters. The minimum atomic E-state index is -0.427. The lowest BCUT2D eigenvalue weighted by Gasteiger charge is -2.05. The number of carbonyl (C=O) groups excluding carboxylic acids is 1. The van der Waals surface area contributed by atoms with E-state index >= 15 is 0 Å². The standard InChI is InChI=1S/C20H20N4O5/c1-2-27-15-6-4-14(5-7-15)24-22-16(11-25)19(23-24)20(26)21-10-13-3-8-17-18(9-13)29-12-28-17/h3-9,25H,2,10-12H2,1H3,(H,21,26). The second kappa shape index (κ2) is 8.19. The van der Waals surface area contributed by atoms with E-state index in [1.54, 1.807) is 30.3 Å². The summed E-state index contributed by atoms with van der Waals surface area (Å²) in [5, 5.41) is 20.8. The molecule has 3 aromatic rings. The molecule has 4 rings (SSSR count). The Hall–Kier alpha value is -3.59. The van der Waals surface area contributed by atoms with Crippen molar-refractivity contribution in [3.8, 4) is 22.9 Å². The van der Waals surface area contributed by atoms with Crippen LogP contribution in [0.25, 0.3) is 5.69 Å². The number of ether oxygens (including phenoxy) is 3. The van der Waals surface area contributed by atoms with Crippen molar-refractivity contribution in [2.24, 2.45) is 0 Å². The first kappa shape index (κ1) is 18.8. The van der Waals surface area contributed by atoms with Gasteiger partial charge in [-0.1, -0.05) is 6.07 Å². The Morgan fingerprint density at radius 3 is 2.72 bits per heavy atom. The van der Waals surface area contributed by atoms with Crippen LogP contribution in [-0.2, 0) is 13.2 Å². The Morgan fingerprint density at radius 2 is 1.97 bits per heavy atom. The second-order valence-electron chi connectivity index (χ2n) is 6.24. The SMILES string of the molecule is CCOc1ccc(-n2nc(CO)c(C(=O)NCc3ccc4c(c3)OCO4)n2)cc1. The summed E-state index contributed by atoms with van der Waals surface area (Å²) in [5.41, 5.74) is 1.77. The zero-order valence-corrected chi connectivity index (χ0v) is 15.8. The molecule has 1 amide bonds. The van der Waals surface area contributed by atoms with Crippen LogP contribution in [0.3, 0.4) is 0 Å². The number of aliphatic hydroxyl groups excluding tert-OH is 1. The predicted molar refractivity (Wildman–Crippen MR) is 102 cm³/mol. The molecule has 1 aliphatic heterocycles. The Bertz CT molecular complexity index is 1020. The molecule has 0 spiro atoms. The van der Waals surface area contributed by atoms with E-state index in [-0.39, 0.29) is 24.7 Å². The first-order chi connectivity index (χ1) is 14.2. The lowest BCUT2D eigenvalue weighted by atomic mass is 10.2. The third kappa shape index (κ3) is 3.99. The molecule has 0 bridgehead atoms. The van der Waals surface area contributed by atoms with Gasteiger partial charge in [-0.3, -0.25) is 4.79 Å². The fraction of sp³-hybridized carbons (Fsp3) is 0.250. The van der Waals surface area contributed by atoms with Crippen molar-refractivity contribution in [3.63, 3.8) is 0 Å². The topological polar surface area (TPSA) is 108 Å². The minimum absolute atomic E-state index is 0.0714. The molecule has 1 aromatic heterocycles. The molecule has 0 saturated heterocycles. The van der Waals surface area contributed by atoms with Gasteiger partial charge in [-0.05, 0) is 48.9 Å². The van der Waals surface area contributed by atoms with Crippen molar-refractivity contribution in [3.05, 3.63) is 59.4 Å². The molecule has 1 aliphatic rings. The molecule has 9 nitrogen and oxygen atoms in total. The zero-order chi connectivity index (χ0) is 20.2. The largest absolute Gasteiger partial charge is 0.494 e. The first-order valence-electron chi connectivity index (χ1n) is 9.15. The number of benzene rings is 2. The van der Waals surface area contributed by atoms with Crippen LogP contribution in [0.4, 0.5) is 0 Å². The van der Waals surface area contributed by atoms with E-state index in [2.05, 4.69) is 15.5 Å². The second-order valence-corrected chi connectivity index (χ2v) is 6.24. The predicted octanol–water partition coefficient (Wildman–Crippen LogP) is 1.82. The number of hydrogen-bond acceptors (Lipinski definition) is 7. The number of nitrogens with one attached hydrogen (secondary N) is 1. The Kier molecular flexibility index (Phi) is 5.30. The van der Waals surface area contributed by atoms with Gasteiger partial charge in [-0.15, -0.1) is 10.2 Å². The molecule has 0 atom stereocenters. The molecule has 9 heteroatoms. The van der Waals surface area contributed by atoms with Gasteiger partial charge in [0.1, 0.15) is 11.4 Å². The van der Waals surface area contributed by atoms with Gasteiger partial charge in [0, 0.05) is 6.54 Å². The Labute approximate surface area is 166 Å². The van der Waals surface area contributed by atoms with E-state index in [1.165, 1.54) is 4.80 Å². The van der Waals surface area contributed by atoms with Crippen molar-refractivity contribution < 1.29 is 24.1 Å². The maximum Gasteiger partial charge on any atom is 0.274 e. The number of nitrogens with zero attached hydrogens (tertiary/aromatic N) is 3. The van der Waals surface area contributed by atoms with Crippen LogP contribution in [0.2, 0.25) is 0 Å². The van der Waals surface area contributed by atoms with Crippen molar-refractivity contribution in [1.82, 2.24) is 20.3 Å². The average molecular weight is 396 g/mol. The molecular formula is C20H20N4O5. The molecule has 2 aromatic carbocycles.